The summed E-state index contributed by atoms with van der Waals surface area (Å²) >= 11 is 0. The highest BCUT2D eigenvalue weighted by Crippen LogP contribution is 2.33. The number of benzene rings is 2. The van der Waals surface area contributed by atoms with E-state index in [0.717, 1.165) is 18.4 Å². The first-order valence-corrected chi connectivity index (χ1v) is 8.81. The van der Waals surface area contributed by atoms with Crippen molar-refractivity contribution < 1.29 is 14.3 Å². The maximum absolute atomic E-state index is 12.4. The second-order valence-electron chi connectivity index (χ2n) is 6.79. The van der Waals surface area contributed by atoms with Gasteiger partial charge in [0.1, 0.15) is 29.8 Å². The molecule has 134 valence electrons. The van der Waals surface area contributed by atoms with Gasteiger partial charge in [-0.2, -0.15) is 0 Å². The van der Waals surface area contributed by atoms with Crippen molar-refractivity contribution in [2.45, 2.75) is 25.0 Å². The van der Waals surface area contributed by atoms with Crippen LogP contribution in [0.1, 0.15) is 12.8 Å². The summed E-state index contributed by atoms with van der Waals surface area (Å²) in [5.41, 5.74) is 7.18. The van der Waals surface area contributed by atoms with E-state index in [0.29, 0.717) is 28.4 Å². The minimum absolute atomic E-state index is 0.104. The van der Waals surface area contributed by atoms with Crippen LogP contribution in [0.15, 0.2) is 63.8 Å². The Hall–Kier alpha value is -2.63. The second kappa shape index (κ2) is 6.94. The van der Waals surface area contributed by atoms with Crippen molar-refractivity contribution in [1.29, 1.82) is 0 Å². The standard InChI is InChI=1S/C21H21NO4/c22-21(14-6-7-14)18(24)12-25-15-8-9-16-17(23)11-19(26-20(16)10-15)13-4-2-1-3-5-13/h1-5,8-11,14,18,21,24H,6-7,12,22H2. The highest BCUT2D eigenvalue weighted by Gasteiger charge is 2.33. The molecule has 2 unspecified atom stereocenters. The third-order valence-corrected chi connectivity index (χ3v) is 4.79. The highest BCUT2D eigenvalue weighted by molar-refractivity contribution is 5.80. The third-order valence-electron chi connectivity index (χ3n) is 4.79. The molecule has 1 fully saturated rings. The number of aliphatic hydroxyl groups excluding tert-OH is 1. The minimum Gasteiger partial charge on any atom is -0.491 e. The molecule has 1 aliphatic carbocycles. The number of hydrogen-bond acceptors (Lipinski definition) is 5. The van der Waals surface area contributed by atoms with Crippen LogP contribution in [0.25, 0.3) is 22.3 Å². The fourth-order valence-electron chi connectivity index (χ4n) is 3.06. The van der Waals surface area contributed by atoms with E-state index < -0.39 is 6.10 Å². The number of nitrogens with two attached hydrogens (primary N) is 1. The molecule has 0 amide bonds. The Labute approximate surface area is 151 Å². The molecule has 5 heteroatoms. The van der Waals surface area contributed by atoms with Crippen molar-refractivity contribution in [3.63, 3.8) is 0 Å². The Morgan fingerprint density at radius 2 is 1.92 bits per heavy atom. The van der Waals surface area contributed by atoms with Gasteiger partial charge in [-0.25, -0.2) is 0 Å². The van der Waals surface area contributed by atoms with E-state index in [1.807, 2.05) is 30.3 Å². The predicted octanol–water partition coefficient (Wildman–Crippen LogP) is 2.94. The number of ether oxygens (including phenoxy) is 1. The lowest BCUT2D eigenvalue weighted by atomic mass is 10.1. The van der Waals surface area contributed by atoms with Gasteiger partial charge in [-0.1, -0.05) is 30.3 Å². The zero-order valence-electron chi connectivity index (χ0n) is 14.3. The summed E-state index contributed by atoms with van der Waals surface area (Å²) in [7, 11) is 0. The molecule has 0 aliphatic heterocycles. The molecule has 4 rings (SSSR count). The van der Waals surface area contributed by atoms with E-state index in [-0.39, 0.29) is 18.1 Å². The summed E-state index contributed by atoms with van der Waals surface area (Å²) < 4.78 is 11.6. The molecular weight excluding hydrogens is 330 g/mol. The number of rotatable bonds is 6. The third kappa shape index (κ3) is 3.49. The van der Waals surface area contributed by atoms with Crippen LogP contribution in [-0.2, 0) is 0 Å². The first kappa shape index (κ1) is 16.8. The lowest BCUT2D eigenvalue weighted by molar-refractivity contribution is 0.0788. The van der Waals surface area contributed by atoms with Crippen LogP contribution in [-0.4, -0.2) is 23.9 Å². The molecule has 0 bridgehead atoms. The number of fused-ring (bicyclic) bond motifs is 1. The van der Waals surface area contributed by atoms with E-state index >= 15 is 0 Å². The lowest BCUT2D eigenvalue weighted by Gasteiger charge is -2.18. The van der Waals surface area contributed by atoms with Gasteiger partial charge in [0, 0.05) is 23.7 Å². The molecule has 1 aliphatic rings. The molecule has 1 heterocycles. The summed E-state index contributed by atoms with van der Waals surface area (Å²) in [5.74, 6) is 1.45. The van der Waals surface area contributed by atoms with E-state index in [1.54, 1.807) is 18.2 Å². The molecular formula is C21H21NO4. The average Bonchev–Trinajstić information content (AvgIpc) is 3.51. The molecule has 0 radical (unpaired) electrons. The quantitative estimate of drug-likeness (QED) is 0.713. The molecule has 26 heavy (non-hydrogen) atoms. The van der Waals surface area contributed by atoms with Crippen LogP contribution in [0.2, 0.25) is 0 Å². The SMILES string of the molecule is NC(C(O)COc1ccc2c(=O)cc(-c3ccccc3)oc2c1)C1CC1. The van der Waals surface area contributed by atoms with Crippen LogP contribution in [0.3, 0.4) is 0 Å². The molecule has 1 aromatic heterocycles. The van der Waals surface area contributed by atoms with Gasteiger partial charge in [-0.05, 0) is 30.9 Å². The molecule has 2 aromatic carbocycles. The maximum Gasteiger partial charge on any atom is 0.193 e. The summed E-state index contributed by atoms with van der Waals surface area (Å²) in [4.78, 5) is 12.4. The first-order valence-electron chi connectivity index (χ1n) is 8.81. The summed E-state index contributed by atoms with van der Waals surface area (Å²) in [5, 5.41) is 10.6. The Balaban J connectivity index is 1.58. The van der Waals surface area contributed by atoms with Gasteiger partial charge in [-0.15, -0.1) is 0 Å². The monoisotopic (exact) mass is 351 g/mol. The highest BCUT2D eigenvalue weighted by atomic mass is 16.5. The van der Waals surface area contributed by atoms with Gasteiger partial charge in [0.05, 0.1) is 5.39 Å². The smallest absolute Gasteiger partial charge is 0.193 e. The van der Waals surface area contributed by atoms with Gasteiger partial charge in [0.2, 0.25) is 0 Å². The van der Waals surface area contributed by atoms with Crippen LogP contribution in [0, 0.1) is 5.92 Å². The molecule has 0 spiro atoms. The zero-order chi connectivity index (χ0) is 18.1. The molecule has 1 saturated carbocycles. The Morgan fingerprint density at radius 1 is 1.15 bits per heavy atom. The molecule has 5 nitrogen and oxygen atoms in total. The van der Waals surface area contributed by atoms with Crippen molar-refractivity contribution in [1.82, 2.24) is 0 Å². The topological polar surface area (TPSA) is 85.7 Å². The van der Waals surface area contributed by atoms with E-state index in [9.17, 15) is 9.90 Å². The minimum atomic E-state index is -0.708. The second-order valence-corrected chi connectivity index (χ2v) is 6.79. The van der Waals surface area contributed by atoms with Crippen molar-refractivity contribution in [2.24, 2.45) is 11.7 Å². The van der Waals surface area contributed by atoms with Crippen molar-refractivity contribution in [3.05, 3.63) is 64.8 Å². The molecule has 3 aromatic rings. The first-order chi connectivity index (χ1) is 12.6. The van der Waals surface area contributed by atoms with Gasteiger partial charge < -0.3 is 20.0 Å². The Bertz CT molecular complexity index is 963. The van der Waals surface area contributed by atoms with E-state index in [4.69, 9.17) is 14.9 Å². The number of aliphatic hydroxyl groups is 1. The van der Waals surface area contributed by atoms with Gasteiger partial charge in [0.15, 0.2) is 5.43 Å². The summed E-state index contributed by atoms with van der Waals surface area (Å²) in [6.45, 7) is 0.117. The molecule has 0 saturated heterocycles. The fraction of sp³-hybridized carbons (Fsp3) is 0.286. The van der Waals surface area contributed by atoms with Gasteiger partial charge in [0.25, 0.3) is 0 Å². The summed E-state index contributed by atoms with van der Waals surface area (Å²) in [6, 6.07) is 15.8. The normalized spacial score (nSPS) is 16.4. The Morgan fingerprint density at radius 3 is 2.65 bits per heavy atom. The van der Waals surface area contributed by atoms with Gasteiger partial charge in [-0.3, -0.25) is 4.79 Å². The average molecular weight is 351 g/mol. The van der Waals surface area contributed by atoms with Crippen molar-refractivity contribution in [3.8, 4) is 17.1 Å². The largest absolute Gasteiger partial charge is 0.491 e. The van der Waals surface area contributed by atoms with Crippen molar-refractivity contribution in [2.75, 3.05) is 6.61 Å². The van der Waals surface area contributed by atoms with E-state index in [1.165, 1.54) is 6.07 Å². The maximum atomic E-state index is 12.4. The van der Waals surface area contributed by atoms with Crippen LogP contribution < -0.4 is 15.9 Å². The molecule has 3 N–H and O–H groups in total. The predicted molar refractivity (Wildman–Crippen MR) is 100 cm³/mol. The van der Waals surface area contributed by atoms with Gasteiger partial charge >= 0.3 is 0 Å². The number of hydrogen-bond donors (Lipinski definition) is 2. The van der Waals surface area contributed by atoms with Crippen molar-refractivity contribution >= 4 is 11.0 Å². The zero-order valence-corrected chi connectivity index (χ0v) is 14.3. The fourth-order valence-corrected chi connectivity index (χ4v) is 3.06. The van der Waals surface area contributed by atoms with E-state index in [2.05, 4.69) is 0 Å². The molecule has 2 atom stereocenters. The Kier molecular flexibility index (Phi) is 4.49. The summed E-state index contributed by atoms with van der Waals surface area (Å²) in [6.07, 6.45) is 1.43. The van der Waals surface area contributed by atoms with Crippen LogP contribution in [0.4, 0.5) is 0 Å². The van der Waals surface area contributed by atoms with Crippen LogP contribution in [0.5, 0.6) is 5.75 Å². The van der Waals surface area contributed by atoms with Crippen LogP contribution >= 0.6 is 0 Å². The lowest BCUT2D eigenvalue weighted by Crippen LogP contribution is -2.40.